The molecule has 0 spiro atoms. The summed E-state index contributed by atoms with van der Waals surface area (Å²) in [7, 11) is 0. The van der Waals surface area contributed by atoms with Crippen LogP contribution < -0.4 is 20.1 Å². The Labute approximate surface area is 160 Å². The minimum absolute atomic E-state index is 0.122. The van der Waals surface area contributed by atoms with Gasteiger partial charge in [0.15, 0.2) is 11.5 Å². The molecule has 1 aliphatic rings. The molecule has 0 fully saturated rings. The van der Waals surface area contributed by atoms with Crippen molar-refractivity contribution in [1.82, 2.24) is 10.6 Å². The third-order valence-electron chi connectivity index (χ3n) is 4.17. The molecular weight excluding hydrogens is 366 g/mol. The largest absolute Gasteiger partial charge is 0.486 e. The topological polar surface area (TPSA) is 120 Å². The predicted octanol–water partition coefficient (Wildman–Crippen LogP) is 1.72. The van der Waals surface area contributed by atoms with Gasteiger partial charge in [0.2, 0.25) is 5.91 Å². The third kappa shape index (κ3) is 4.56. The first kappa shape index (κ1) is 19.2. The first-order chi connectivity index (χ1) is 13.4. The van der Waals surface area contributed by atoms with Crippen molar-refractivity contribution in [2.75, 3.05) is 19.8 Å². The second kappa shape index (κ2) is 8.38. The van der Waals surface area contributed by atoms with E-state index in [1.165, 1.54) is 18.2 Å². The van der Waals surface area contributed by atoms with Crippen LogP contribution in [0.3, 0.4) is 0 Å². The lowest BCUT2D eigenvalue weighted by molar-refractivity contribution is -0.385. The average Bonchev–Trinajstić information content (AvgIpc) is 2.70. The number of nitro groups is 1. The number of amides is 2. The molecule has 2 amide bonds. The van der Waals surface area contributed by atoms with Crippen molar-refractivity contribution in [3.05, 3.63) is 63.2 Å². The first-order valence-electron chi connectivity index (χ1n) is 8.62. The molecule has 2 aromatic carbocycles. The van der Waals surface area contributed by atoms with E-state index < -0.39 is 10.8 Å². The number of nitro benzene ring substituents is 1. The summed E-state index contributed by atoms with van der Waals surface area (Å²) in [5.41, 5.74) is 1.27. The zero-order valence-corrected chi connectivity index (χ0v) is 15.2. The lowest BCUT2D eigenvalue weighted by Crippen LogP contribution is -2.36. The highest BCUT2D eigenvalue weighted by atomic mass is 16.6. The Bertz CT molecular complexity index is 928. The third-order valence-corrected chi connectivity index (χ3v) is 4.17. The zero-order valence-electron chi connectivity index (χ0n) is 15.2. The van der Waals surface area contributed by atoms with Gasteiger partial charge >= 0.3 is 0 Å². The van der Waals surface area contributed by atoms with E-state index >= 15 is 0 Å². The molecule has 2 N–H and O–H groups in total. The number of nitrogens with one attached hydrogen (secondary N) is 2. The molecule has 1 heterocycles. The molecule has 9 nitrogen and oxygen atoms in total. The summed E-state index contributed by atoms with van der Waals surface area (Å²) in [5, 5.41) is 16.1. The molecule has 9 heteroatoms. The van der Waals surface area contributed by atoms with Crippen molar-refractivity contribution in [3.63, 3.8) is 0 Å². The van der Waals surface area contributed by atoms with Gasteiger partial charge in [-0.2, -0.15) is 0 Å². The molecule has 28 heavy (non-hydrogen) atoms. The molecule has 146 valence electrons. The maximum Gasteiger partial charge on any atom is 0.273 e. The van der Waals surface area contributed by atoms with Gasteiger partial charge in [0.1, 0.15) is 13.2 Å². The average molecular weight is 385 g/mol. The van der Waals surface area contributed by atoms with E-state index in [0.717, 1.165) is 5.56 Å². The first-order valence-corrected chi connectivity index (χ1v) is 8.62. The van der Waals surface area contributed by atoms with E-state index in [1.807, 2.05) is 6.07 Å². The van der Waals surface area contributed by atoms with E-state index in [2.05, 4.69) is 10.6 Å². The SMILES string of the molecule is Cc1ccc(C(=O)NCC(=O)NCc2ccc3c(c2)OCCO3)cc1[N+](=O)[O-]. The molecule has 0 aromatic heterocycles. The summed E-state index contributed by atoms with van der Waals surface area (Å²) in [6, 6.07) is 9.55. The van der Waals surface area contributed by atoms with E-state index in [4.69, 9.17) is 9.47 Å². The maximum atomic E-state index is 12.1. The van der Waals surface area contributed by atoms with Crippen molar-refractivity contribution >= 4 is 17.5 Å². The monoisotopic (exact) mass is 385 g/mol. The number of fused-ring (bicyclic) bond motifs is 1. The van der Waals surface area contributed by atoms with Crippen LogP contribution in [0.1, 0.15) is 21.5 Å². The number of hydrogen-bond donors (Lipinski definition) is 2. The molecule has 0 saturated carbocycles. The summed E-state index contributed by atoms with van der Waals surface area (Å²) >= 11 is 0. The molecule has 0 radical (unpaired) electrons. The second-order valence-electron chi connectivity index (χ2n) is 6.20. The van der Waals surface area contributed by atoms with E-state index in [0.29, 0.717) is 30.3 Å². The van der Waals surface area contributed by atoms with Gasteiger partial charge in [0.05, 0.1) is 11.5 Å². The van der Waals surface area contributed by atoms with E-state index in [1.54, 1.807) is 19.1 Å². The molecule has 3 rings (SSSR count). The molecule has 0 unspecified atom stereocenters. The number of aryl methyl sites for hydroxylation is 1. The Morgan fingerprint density at radius 1 is 1.07 bits per heavy atom. The van der Waals surface area contributed by atoms with Gasteiger partial charge in [-0.1, -0.05) is 12.1 Å². The highest BCUT2D eigenvalue weighted by molar-refractivity contribution is 5.97. The van der Waals surface area contributed by atoms with Crippen molar-refractivity contribution in [3.8, 4) is 11.5 Å². The highest BCUT2D eigenvalue weighted by Crippen LogP contribution is 2.30. The van der Waals surface area contributed by atoms with Gasteiger partial charge < -0.3 is 20.1 Å². The van der Waals surface area contributed by atoms with Crippen LogP contribution in [0, 0.1) is 17.0 Å². The summed E-state index contributed by atoms with van der Waals surface area (Å²) in [6.45, 7) is 2.59. The number of carbonyl (C=O) groups excluding carboxylic acids is 2. The smallest absolute Gasteiger partial charge is 0.273 e. The quantitative estimate of drug-likeness (QED) is 0.577. The van der Waals surface area contributed by atoms with Crippen molar-refractivity contribution in [2.45, 2.75) is 13.5 Å². The predicted molar refractivity (Wildman–Crippen MR) is 99.4 cm³/mol. The van der Waals surface area contributed by atoms with E-state index in [-0.39, 0.29) is 30.2 Å². The summed E-state index contributed by atoms with van der Waals surface area (Å²) in [6.07, 6.45) is 0. The Hall–Kier alpha value is -3.62. The number of benzene rings is 2. The van der Waals surface area contributed by atoms with Crippen LogP contribution in [0.5, 0.6) is 11.5 Å². The number of rotatable bonds is 6. The van der Waals surface area contributed by atoms with Gasteiger partial charge in [-0.3, -0.25) is 19.7 Å². The fourth-order valence-corrected chi connectivity index (χ4v) is 2.67. The van der Waals surface area contributed by atoms with Crippen LogP contribution in [0.15, 0.2) is 36.4 Å². The molecule has 0 saturated heterocycles. The number of ether oxygens (including phenoxy) is 2. The highest BCUT2D eigenvalue weighted by Gasteiger charge is 2.16. The van der Waals surface area contributed by atoms with Gasteiger partial charge in [0.25, 0.3) is 11.6 Å². The van der Waals surface area contributed by atoms with E-state index in [9.17, 15) is 19.7 Å². The van der Waals surface area contributed by atoms with Crippen molar-refractivity contribution in [1.29, 1.82) is 0 Å². The lowest BCUT2D eigenvalue weighted by atomic mass is 10.1. The van der Waals surface area contributed by atoms with Crippen LogP contribution in [-0.2, 0) is 11.3 Å². The molecule has 0 aliphatic carbocycles. The van der Waals surface area contributed by atoms with Crippen molar-refractivity contribution < 1.29 is 24.0 Å². The second-order valence-corrected chi connectivity index (χ2v) is 6.20. The normalized spacial score (nSPS) is 12.2. The lowest BCUT2D eigenvalue weighted by Gasteiger charge is -2.19. The Morgan fingerprint density at radius 3 is 2.57 bits per heavy atom. The van der Waals surface area contributed by atoms with Gasteiger partial charge in [-0.25, -0.2) is 0 Å². The maximum absolute atomic E-state index is 12.1. The molecule has 1 aliphatic heterocycles. The van der Waals surface area contributed by atoms with Gasteiger partial charge in [-0.05, 0) is 30.7 Å². The zero-order chi connectivity index (χ0) is 20.1. The minimum Gasteiger partial charge on any atom is -0.486 e. The Kier molecular flexibility index (Phi) is 5.73. The fraction of sp³-hybridized carbons (Fsp3) is 0.263. The molecular formula is C19H19N3O6. The molecule has 0 atom stereocenters. The van der Waals surface area contributed by atoms with Gasteiger partial charge in [-0.15, -0.1) is 0 Å². The summed E-state index contributed by atoms with van der Waals surface area (Å²) in [5.74, 6) is 0.357. The van der Waals surface area contributed by atoms with Crippen LogP contribution in [0.25, 0.3) is 0 Å². The van der Waals surface area contributed by atoms with Crippen molar-refractivity contribution in [2.24, 2.45) is 0 Å². The van der Waals surface area contributed by atoms with Crippen LogP contribution in [0.4, 0.5) is 5.69 Å². The standard InChI is InChI=1S/C19H19N3O6/c1-12-2-4-14(9-15(12)22(25)26)19(24)21-11-18(23)20-10-13-3-5-16-17(8-13)28-7-6-27-16/h2-5,8-9H,6-7,10-11H2,1H3,(H,20,23)(H,21,24). The molecule has 2 aromatic rings. The number of hydrogen-bond acceptors (Lipinski definition) is 6. The van der Waals surface area contributed by atoms with Crippen LogP contribution in [-0.4, -0.2) is 36.5 Å². The molecule has 0 bridgehead atoms. The fourth-order valence-electron chi connectivity index (χ4n) is 2.67. The number of nitrogens with zero attached hydrogens (tertiary/aromatic N) is 1. The Balaban J connectivity index is 1.51. The summed E-state index contributed by atoms with van der Waals surface area (Å²) in [4.78, 5) is 34.5. The minimum atomic E-state index is -0.558. The van der Waals surface area contributed by atoms with Gasteiger partial charge in [0, 0.05) is 23.7 Å². The number of carbonyl (C=O) groups is 2. The Morgan fingerprint density at radius 2 is 1.82 bits per heavy atom. The van der Waals surface area contributed by atoms with Crippen LogP contribution in [0.2, 0.25) is 0 Å². The van der Waals surface area contributed by atoms with Crippen LogP contribution >= 0.6 is 0 Å². The summed E-state index contributed by atoms with van der Waals surface area (Å²) < 4.78 is 10.9.